The summed E-state index contributed by atoms with van der Waals surface area (Å²) in [5.41, 5.74) is 2.05. The Kier molecular flexibility index (Phi) is 6.11. The van der Waals surface area contributed by atoms with Gasteiger partial charge in [-0.1, -0.05) is 36.0 Å². The van der Waals surface area contributed by atoms with Crippen LogP contribution in [0.5, 0.6) is 0 Å². The summed E-state index contributed by atoms with van der Waals surface area (Å²) in [6, 6.07) is 14.8. The van der Waals surface area contributed by atoms with Gasteiger partial charge in [0.1, 0.15) is 16.7 Å². The van der Waals surface area contributed by atoms with Crippen molar-refractivity contribution in [2.75, 3.05) is 11.1 Å². The summed E-state index contributed by atoms with van der Waals surface area (Å²) >= 11 is 2.61. The number of fused-ring (bicyclic) bond motifs is 1. The number of hydrogen-bond donors (Lipinski definition) is 2. The van der Waals surface area contributed by atoms with Crippen LogP contribution in [0.3, 0.4) is 0 Å². The monoisotopic (exact) mass is 450 g/mol. The molecule has 0 spiro atoms. The van der Waals surface area contributed by atoms with Crippen LogP contribution in [0.25, 0.3) is 21.3 Å². The number of anilines is 1. The van der Waals surface area contributed by atoms with Gasteiger partial charge in [-0.15, -0.1) is 11.3 Å². The van der Waals surface area contributed by atoms with Gasteiger partial charge in [-0.25, -0.2) is 9.37 Å². The molecule has 2 aromatic heterocycles. The van der Waals surface area contributed by atoms with E-state index in [0.29, 0.717) is 37.9 Å². The highest BCUT2D eigenvalue weighted by molar-refractivity contribution is 7.99. The molecule has 0 bridgehead atoms. The first-order chi connectivity index (χ1) is 15.0. The number of benzene rings is 2. The number of nitriles is 1. The fourth-order valence-electron chi connectivity index (χ4n) is 2.98. The van der Waals surface area contributed by atoms with E-state index in [-0.39, 0.29) is 23.7 Å². The number of H-pyrrole nitrogens is 1. The minimum atomic E-state index is -0.339. The summed E-state index contributed by atoms with van der Waals surface area (Å²) in [7, 11) is 0. The smallest absolute Gasteiger partial charge is 0.260 e. The number of para-hydroxylation sites is 1. The van der Waals surface area contributed by atoms with Gasteiger partial charge in [0.25, 0.3) is 5.56 Å². The van der Waals surface area contributed by atoms with Gasteiger partial charge in [0, 0.05) is 23.1 Å². The summed E-state index contributed by atoms with van der Waals surface area (Å²) in [5.74, 6) is -0.159. The zero-order valence-electron chi connectivity index (χ0n) is 16.0. The molecule has 4 aromatic rings. The van der Waals surface area contributed by atoms with Gasteiger partial charge in [0.05, 0.1) is 16.6 Å². The van der Waals surface area contributed by atoms with Gasteiger partial charge in [-0.05, 0) is 29.8 Å². The first-order valence-corrected chi connectivity index (χ1v) is 11.1. The van der Waals surface area contributed by atoms with Gasteiger partial charge >= 0.3 is 0 Å². The number of halogens is 1. The minimum Gasteiger partial charge on any atom is -0.325 e. The minimum absolute atomic E-state index is 0.192. The molecule has 0 saturated carbocycles. The second-order valence-electron chi connectivity index (χ2n) is 6.51. The number of aromatic amines is 1. The van der Waals surface area contributed by atoms with Crippen LogP contribution in [-0.4, -0.2) is 21.6 Å². The van der Waals surface area contributed by atoms with E-state index in [0.717, 1.165) is 5.56 Å². The number of hydrogen-bond acceptors (Lipinski definition) is 6. The van der Waals surface area contributed by atoms with E-state index in [4.69, 9.17) is 5.26 Å². The van der Waals surface area contributed by atoms with Gasteiger partial charge in [0.15, 0.2) is 5.16 Å². The predicted octanol–water partition coefficient (Wildman–Crippen LogP) is 4.78. The number of aromatic nitrogens is 2. The fraction of sp³-hybridized carbons (Fsp3) is 0.0909. The van der Waals surface area contributed by atoms with Crippen LogP contribution in [0.15, 0.2) is 63.9 Å². The maximum absolute atomic E-state index is 13.2. The lowest BCUT2D eigenvalue weighted by Gasteiger charge is -2.06. The van der Waals surface area contributed by atoms with Crippen LogP contribution < -0.4 is 10.9 Å². The Morgan fingerprint density at radius 1 is 1.23 bits per heavy atom. The van der Waals surface area contributed by atoms with Crippen molar-refractivity contribution in [1.29, 1.82) is 5.26 Å². The lowest BCUT2D eigenvalue weighted by molar-refractivity contribution is -0.115. The van der Waals surface area contributed by atoms with Crippen molar-refractivity contribution >= 4 is 44.9 Å². The molecule has 2 aromatic carbocycles. The van der Waals surface area contributed by atoms with Gasteiger partial charge < -0.3 is 10.3 Å². The molecule has 0 aliphatic rings. The largest absolute Gasteiger partial charge is 0.325 e. The number of amides is 1. The van der Waals surface area contributed by atoms with Crippen LogP contribution in [-0.2, 0) is 4.79 Å². The van der Waals surface area contributed by atoms with E-state index in [9.17, 15) is 14.0 Å². The Hall–Kier alpha value is -3.48. The highest BCUT2D eigenvalue weighted by Crippen LogP contribution is 2.31. The zero-order chi connectivity index (χ0) is 21.8. The lowest BCUT2D eigenvalue weighted by Crippen LogP contribution is -2.13. The van der Waals surface area contributed by atoms with E-state index in [2.05, 4.69) is 15.3 Å². The Morgan fingerprint density at radius 3 is 2.77 bits per heavy atom. The molecule has 0 aliphatic heterocycles. The Bertz CT molecular complexity index is 1360. The molecule has 0 radical (unpaired) electrons. The summed E-state index contributed by atoms with van der Waals surface area (Å²) < 4.78 is 13.2. The van der Waals surface area contributed by atoms with Crippen molar-refractivity contribution in [2.24, 2.45) is 0 Å². The molecule has 6 nitrogen and oxygen atoms in total. The van der Waals surface area contributed by atoms with Crippen molar-refractivity contribution in [3.8, 4) is 17.2 Å². The van der Waals surface area contributed by atoms with Crippen LogP contribution in [0, 0.1) is 17.1 Å². The molecule has 154 valence electrons. The molecule has 31 heavy (non-hydrogen) atoms. The normalized spacial score (nSPS) is 10.7. The molecule has 9 heteroatoms. The number of carbonyl (C=O) groups excluding carboxylic acids is 1. The molecule has 4 rings (SSSR count). The van der Waals surface area contributed by atoms with Crippen LogP contribution in [0.4, 0.5) is 10.1 Å². The van der Waals surface area contributed by atoms with Crippen molar-refractivity contribution in [1.82, 2.24) is 9.97 Å². The van der Waals surface area contributed by atoms with E-state index < -0.39 is 0 Å². The molecule has 0 unspecified atom stereocenters. The zero-order valence-corrected chi connectivity index (χ0v) is 17.6. The average molecular weight is 451 g/mol. The van der Waals surface area contributed by atoms with Crippen LogP contribution in [0.2, 0.25) is 0 Å². The van der Waals surface area contributed by atoms with Gasteiger partial charge in [0.2, 0.25) is 5.91 Å². The highest BCUT2D eigenvalue weighted by atomic mass is 32.2. The molecule has 2 N–H and O–H groups in total. The Labute approximate surface area is 184 Å². The predicted molar refractivity (Wildman–Crippen MR) is 121 cm³/mol. The quantitative estimate of drug-likeness (QED) is 0.325. The van der Waals surface area contributed by atoms with Crippen LogP contribution in [0.1, 0.15) is 12.0 Å². The van der Waals surface area contributed by atoms with E-state index in [1.54, 1.807) is 36.4 Å². The third-order valence-electron chi connectivity index (χ3n) is 4.47. The molecule has 0 fully saturated rings. The standard InChI is InChI=1S/C22H15FN4O2S2/c23-15-7-5-13(6-8-15)16-12-31-21-19(16)20(29)26-22(27-21)30-10-9-18(28)25-17-4-2-1-3-14(17)11-24/h1-8,12H,9-10H2,(H,25,28)(H,26,27,29). The van der Waals surface area contributed by atoms with E-state index >= 15 is 0 Å². The second kappa shape index (κ2) is 9.12. The fourth-order valence-corrected chi connectivity index (χ4v) is 4.79. The third kappa shape index (κ3) is 4.66. The number of nitrogens with zero attached hydrogens (tertiary/aromatic N) is 2. The molecule has 0 aliphatic carbocycles. The number of thiophene rings is 1. The molecular formula is C22H15FN4O2S2. The van der Waals surface area contributed by atoms with E-state index in [1.165, 1.54) is 35.2 Å². The van der Waals surface area contributed by atoms with Crippen molar-refractivity contribution in [3.63, 3.8) is 0 Å². The number of rotatable bonds is 6. The number of thioether (sulfide) groups is 1. The van der Waals surface area contributed by atoms with Gasteiger partial charge in [-0.3, -0.25) is 9.59 Å². The first kappa shape index (κ1) is 20.8. The average Bonchev–Trinajstić information content (AvgIpc) is 3.19. The summed E-state index contributed by atoms with van der Waals surface area (Å²) in [6.45, 7) is 0. The van der Waals surface area contributed by atoms with E-state index in [1.807, 2.05) is 11.4 Å². The number of carbonyl (C=O) groups is 1. The lowest BCUT2D eigenvalue weighted by atomic mass is 10.1. The third-order valence-corrected chi connectivity index (χ3v) is 6.21. The molecule has 2 heterocycles. The van der Waals surface area contributed by atoms with Crippen molar-refractivity contribution in [3.05, 3.63) is 75.6 Å². The maximum Gasteiger partial charge on any atom is 0.260 e. The summed E-state index contributed by atoms with van der Waals surface area (Å²) in [6.07, 6.45) is 0.192. The van der Waals surface area contributed by atoms with Crippen LogP contribution >= 0.6 is 23.1 Å². The molecule has 0 saturated heterocycles. The summed E-state index contributed by atoms with van der Waals surface area (Å²) in [4.78, 5) is 32.6. The highest BCUT2D eigenvalue weighted by Gasteiger charge is 2.14. The van der Waals surface area contributed by atoms with Gasteiger partial charge in [-0.2, -0.15) is 5.26 Å². The number of nitrogens with one attached hydrogen (secondary N) is 2. The molecule has 1 amide bonds. The Balaban J connectivity index is 1.44. The first-order valence-electron chi connectivity index (χ1n) is 9.24. The maximum atomic E-state index is 13.2. The topological polar surface area (TPSA) is 98.6 Å². The molecule has 0 atom stereocenters. The summed E-state index contributed by atoms with van der Waals surface area (Å²) in [5, 5.41) is 14.5. The molecular weight excluding hydrogens is 435 g/mol. The van der Waals surface area contributed by atoms with Crippen molar-refractivity contribution < 1.29 is 9.18 Å². The van der Waals surface area contributed by atoms with Crippen molar-refractivity contribution in [2.45, 2.75) is 11.6 Å². The SMILES string of the molecule is N#Cc1ccccc1NC(=O)CCSc1nc2scc(-c3ccc(F)cc3)c2c(=O)[nH]1. The second-order valence-corrected chi connectivity index (χ2v) is 8.45. The Morgan fingerprint density at radius 2 is 2.00 bits per heavy atom.